The van der Waals surface area contributed by atoms with Crippen molar-refractivity contribution in [1.82, 2.24) is 30.2 Å². The van der Waals surface area contributed by atoms with Crippen LogP contribution in [0.1, 0.15) is 22.7 Å². The van der Waals surface area contributed by atoms with E-state index in [0.717, 1.165) is 35.2 Å². The molecule has 9 heteroatoms. The predicted molar refractivity (Wildman–Crippen MR) is 101 cm³/mol. The smallest absolute Gasteiger partial charge is 0.259 e. The predicted octanol–water partition coefficient (Wildman–Crippen LogP) is 2.74. The molecule has 0 saturated heterocycles. The SMILES string of the molecule is O=c1[nH]c(CSc2nnnn2-c2ccccc2)nc2sc3c(c12)CCC3. The van der Waals surface area contributed by atoms with E-state index in [1.54, 1.807) is 16.0 Å². The van der Waals surface area contributed by atoms with Crippen LogP contribution in [0.4, 0.5) is 0 Å². The molecule has 0 unspecified atom stereocenters. The van der Waals surface area contributed by atoms with Crippen molar-refractivity contribution in [1.29, 1.82) is 0 Å². The molecule has 1 N–H and O–H groups in total. The van der Waals surface area contributed by atoms with Crippen LogP contribution in [0.2, 0.25) is 0 Å². The van der Waals surface area contributed by atoms with Crippen LogP contribution in [0.5, 0.6) is 0 Å². The Bertz CT molecular complexity index is 1150. The molecule has 0 atom stereocenters. The van der Waals surface area contributed by atoms with E-state index in [-0.39, 0.29) is 5.56 Å². The Morgan fingerprint density at radius 1 is 1.23 bits per heavy atom. The maximum absolute atomic E-state index is 12.5. The van der Waals surface area contributed by atoms with Gasteiger partial charge in [0.15, 0.2) is 0 Å². The number of aromatic nitrogens is 6. The highest BCUT2D eigenvalue weighted by molar-refractivity contribution is 7.98. The van der Waals surface area contributed by atoms with Crippen molar-refractivity contribution >= 4 is 33.3 Å². The van der Waals surface area contributed by atoms with Crippen molar-refractivity contribution in [3.05, 3.63) is 57.0 Å². The minimum absolute atomic E-state index is 0.0346. The number of thioether (sulfide) groups is 1. The Labute approximate surface area is 156 Å². The largest absolute Gasteiger partial charge is 0.309 e. The van der Waals surface area contributed by atoms with Crippen LogP contribution in [-0.4, -0.2) is 30.2 Å². The topological polar surface area (TPSA) is 89.4 Å². The number of aryl methyl sites for hydroxylation is 2. The van der Waals surface area contributed by atoms with E-state index >= 15 is 0 Å². The number of aromatic amines is 1. The lowest BCUT2D eigenvalue weighted by Crippen LogP contribution is -2.11. The highest BCUT2D eigenvalue weighted by Gasteiger charge is 2.21. The van der Waals surface area contributed by atoms with Gasteiger partial charge in [0.2, 0.25) is 5.16 Å². The molecular weight excluding hydrogens is 368 g/mol. The van der Waals surface area contributed by atoms with E-state index in [4.69, 9.17) is 0 Å². The first-order valence-electron chi connectivity index (χ1n) is 8.29. The number of thiophene rings is 1. The molecule has 7 nitrogen and oxygen atoms in total. The van der Waals surface area contributed by atoms with Crippen LogP contribution < -0.4 is 5.56 Å². The molecule has 0 radical (unpaired) electrons. The second-order valence-electron chi connectivity index (χ2n) is 6.05. The number of nitrogens with zero attached hydrogens (tertiary/aromatic N) is 5. The fraction of sp³-hybridized carbons (Fsp3) is 0.235. The van der Waals surface area contributed by atoms with E-state index in [1.165, 1.54) is 22.2 Å². The van der Waals surface area contributed by atoms with Gasteiger partial charge in [0.1, 0.15) is 10.7 Å². The first kappa shape index (κ1) is 15.7. The summed E-state index contributed by atoms with van der Waals surface area (Å²) in [6.45, 7) is 0. The van der Waals surface area contributed by atoms with Crippen LogP contribution in [0.3, 0.4) is 0 Å². The second-order valence-corrected chi connectivity index (χ2v) is 8.07. The molecular formula is C17H14N6OS2. The van der Waals surface area contributed by atoms with Crippen LogP contribution >= 0.6 is 23.1 Å². The molecule has 3 aromatic heterocycles. The van der Waals surface area contributed by atoms with Crippen molar-refractivity contribution in [2.75, 3.05) is 0 Å². The molecule has 1 aromatic carbocycles. The zero-order valence-corrected chi connectivity index (χ0v) is 15.3. The number of rotatable bonds is 4. The number of nitrogens with one attached hydrogen (secondary N) is 1. The third kappa shape index (κ3) is 2.63. The van der Waals surface area contributed by atoms with Gasteiger partial charge in [0.05, 0.1) is 16.8 Å². The average Bonchev–Trinajstić information content (AvgIpc) is 3.36. The van der Waals surface area contributed by atoms with Gasteiger partial charge in [-0.2, -0.15) is 4.68 Å². The van der Waals surface area contributed by atoms with Crippen LogP contribution in [0, 0.1) is 0 Å². The lowest BCUT2D eigenvalue weighted by Gasteiger charge is -2.04. The molecule has 1 aliphatic carbocycles. The molecule has 0 bridgehead atoms. The van der Waals surface area contributed by atoms with Gasteiger partial charge >= 0.3 is 0 Å². The molecule has 5 rings (SSSR count). The minimum atomic E-state index is -0.0346. The van der Waals surface area contributed by atoms with Crippen molar-refractivity contribution in [3.63, 3.8) is 0 Å². The Hall–Kier alpha value is -2.52. The van der Waals surface area contributed by atoms with E-state index in [2.05, 4.69) is 25.5 Å². The molecule has 26 heavy (non-hydrogen) atoms. The van der Waals surface area contributed by atoms with E-state index in [0.29, 0.717) is 16.7 Å². The Morgan fingerprint density at radius 3 is 3.00 bits per heavy atom. The van der Waals surface area contributed by atoms with Crippen LogP contribution in [0.25, 0.3) is 15.9 Å². The lowest BCUT2D eigenvalue weighted by atomic mass is 10.2. The normalized spacial score (nSPS) is 13.4. The summed E-state index contributed by atoms with van der Waals surface area (Å²) in [4.78, 5) is 22.3. The second kappa shape index (κ2) is 6.33. The van der Waals surface area contributed by atoms with Gasteiger partial charge in [0, 0.05) is 4.88 Å². The van der Waals surface area contributed by atoms with E-state index in [1.807, 2.05) is 30.3 Å². The van der Waals surface area contributed by atoms with Gasteiger partial charge in [-0.3, -0.25) is 4.79 Å². The number of hydrogen-bond donors (Lipinski definition) is 1. The molecule has 0 fully saturated rings. The molecule has 3 heterocycles. The van der Waals surface area contributed by atoms with E-state index in [9.17, 15) is 4.79 Å². The summed E-state index contributed by atoms with van der Waals surface area (Å²) in [5.74, 6) is 1.15. The van der Waals surface area contributed by atoms with Crippen LogP contribution in [-0.2, 0) is 18.6 Å². The van der Waals surface area contributed by atoms with Gasteiger partial charge in [-0.25, -0.2) is 4.98 Å². The highest BCUT2D eigenvalue weighted by atomic mass is 32.2. The van der Waals surface area contributed by atoms with Crippen molar-refractivity contribution < 1.29 is 0 Å². The van der Waals surface area contributed by atoms with E-state index < -0.39 is 0 Å². The van der Waals surface area contributed by atoms with Crippen LogP contribution in [0.15, 0.2) is 40.3 Å². The molecule has 0 aliphatic heterocycles. The monoisotopic (exact) mass is 382 g/mol. The number of benzene rings is 1. The molecule has 0 amide bonds. The number of fused-ring (bicyclic) bond motifs is 3. The number of para-hydroxylation sites is 1. The fourth-order valence-corrected chi connectivity index (χ4v) is 5.29. The standard InChI is InChI=1S/C17H14N6OS2/c24-15-14-11-7-4-8-12(11)26-16(14)19-13(18-15)9-25-17-20-21-22-23(17)10-5-2-1-3-6-10/h1-3,5-6H,4,7-9H2,(H,18,19,24). The molecule has 1 aliphatic rings. The fourth-order valence-electron chi connectivity index (χ4n) is 3.25. The highest BCUT2D eigenvalue weighted by Crippen LogP contribution is 2.34. The number of H-pyrrole nitrogens is 1. The lowest BCUT2D eigenvalue weighted by molar-refractivity contribution is 0.756. The zero-order valence-electron chi connectivity index (χ0n) is 13.7. The maximum atomic E-state index is 12.5. The first-order valence-corrected chi connectivity index (χ1v) is 10.1. The summed E-state index contributed by atoms with van der Waals surface area (Å²) in [6, 6.07) is 9.71. The summed E-state index contributed by atoms with van der Waals surface area (Å²) in [6.07, 6.45) is 3.18. The average molecular weight is 382 g/mol. The maximum Gasteiger partial charge on any atom is 0.259 e. The quantitative estimate of drug-likeness (QED) is 0.546. The summed E-state index contributed by atoms with van der Waals surface area (Å²) >= 11 is 3.10. The summed E-state index contributed by atoms with van der Waals surface area (Å²) < 4.78 is 1.68. The summed E-state index contributed by atoms with van der Waals surface area (Å²) in [5.41, 5.74) is 2.06. The summed E-state index contributed by atoms with van der Waals surface area (Å²) in [7, 11) is 0. The Balaban J connectivity index is 1.43. The van der Waals surface area contributed by atoms with Crippen molar-refractivity contribution in [2.24, 2.45) is 0 Å². The van der Waals surface area contributed by atoms with Gasteiger partial charge < -0.3 is 4.98 Å². The number of tetrazole rings is 1. The minimum Gasteiger partial charge on any atom is -0.309 e. The number of hydrogen-bond acceptors (Lipinski definition) is 7. The van der Waals surface area contributed by atoms with Gasteiger partial charge in [-0.15, -0.1) is 16.4 Å². The van der Waals surface area contributed by atoms with Gasteiger partial charge in [-0.1, -0.05) is 30.0 Å². The third-order valence-electron chi connectivity index (χ3n) is 4.40. The molecule has 0 saturated carbocycles. The molecule has 4 aromatic rings. The Morgan fingerprint density at radius 2 is 2.12 bits per heavy atom. The third-order valence-corrected chi connectivity index (χ3v) is 6.52. The van der Waals surface area contributed by atoms with Gasteiger partial charge in [-0.05, 0) is 47.4 Å². The first-order chi connectivity index (χ1) is 12.8. The van der Waals surface area contributed by atoms with Crippen molar-refractivity contribution in [3.8, 4) is 5.69 Å². The Kier molecular flexibility index (Phi) is 3.83. The molecule has 130 valence electrons. The molecule has 0 spiro atoms. The van der Waals surface area contributed by atoms with Gasteiger partial charge in [0.25, 0.3) is 5.56 Å². The van der Waals surface area contributed by atoms with Crippen molar-refractivity contribution in [2.45, 2.75) is 30.2 Å². The zero-order chi connectivity index (χ0) is 17.5. The summed E-state index contributed by atoms with van der Waals surface area (Å²) in [5, 5.41) is 13.3.